The average molecular weight is 463 g/mol. The molecule has 9 heteroatoms. The van der Waals surface area contributed by atoms with Gasteiger partial charge in [-0.25, -0.2) is 9.97 Å². The predicted molar refractivity (Wildman–Crippen MR) is 127 cm³/mol. The molecule has 1 amide bonds. The molecule has 2 aromatic heterocycles. The zero-order valence-corrected chi connectivity index (χ0v) is 18.6. The van der Waals surface area contributed by atoms with Crippen molar-refractivity contribution in [3.05, 3.63) is 59.6 Å². The molecule has 2 aromatic carbocycles. The standard InChI is InChI=1S/C20H18N4OS3.ClH/c21-8-9-26-20-22-15(12-27-20)11-18(25)24-19-23-16-7-6-14(10-17(16)28-19)13-4-2-1-3-5-13;/h1-7,10,12H,8-9,11,21H2,(H,23,24,25);1H. The Morgan fingerprint density at radius 1 is 1.10 bits per heavy atom. The Morgan fingerprint density at radius 3 is 2.72 bits per heavy atom. The van der Waals surface area contributed by atoms with Crippen LogP contribution < -0.4 is 11.1 Å². The van der Waals surface area contributed by atoms with Gasteiger partial charge >= 0.3 is 0 Å². The molecule has 0 aliphatic carbocycles. The molecule has 0 aliphatic heterocycles. The van der Waals surface area contributed by atoms with Crippen LogP contribution in [0.25, 0.3) is 21.3 Å². The van der Waals surface area contributed by atoms with Gasteiger partial charge < -0.3 is 11.1 Å². The van der Waals surface area contributed by atoms with E-state index in [2.05, 4.69) is 39.6 Å². The number of carbonyl (C=O) groups excluding carboxylic acids is 1. The Bertz CT molecular complexity index is 1100. The van der Waals surface area contributed by atoms with E-state index in [0.717, 1.165) is 37.1 Å². The molecule has 0 spiro atoms. The summed E-state index contributed by atoms with van der Waals surface area (Å²) in [6, 6.07) is 16.4. The predicted octanol–water partition coefficient (Wildman–Crippen LogP) is 5.07. The second-order valence-electron chi connectivity index (χ2n) is 6.03. The summed E-state index contributed by atoms with van der Waals surface area (Å²) in [6.07, 6.45) is 0.241. The number of nitrogens with zero attached hydrogens (tertiary/aromatic N) is 2. The van der Waals surface area contributed by atoms with E-state index < -0.39 is 0 Å². The highest BCUT2D eigenvalue weighted by atomic mass is 35.5. The molecule has 29 heavy (non-hydrogen) atoms. The number of thiazole rings is 2. The van der Waals surface area contributed by atoms with Crippen LogP contribution in [-0.2, 0) is 11.2 Å². The number of anilines is 1. The van der Waals surface area contributed by atoms with Crippen LogP contribution in [0.3, 0.4) is 0 Å². The second-order valence-corrected chi connectivity index (χ2v) is 9.27. The molecule has 0 saturated heterocycles. The van der Waals surface area contributed by atoms with E-state index in [0.29, 0.717) is 11.7 Å². The molecular formula is C20H19ClN4OS3. The van der Waals surface area contributed by atoms with Crippen molar-refractivity contribution < 1.29 is 4.79 Å². The maximum absolute atomic E-state index is 12.4. The molecule has 4 rings (SSSR count). The summed E-state index contributed by atoms with van der Waals surface area (Å²) in [6.45, 7) is 0.615. The monoisotopic (exact) mass is 462 g/mol. The number of hydrogen-bond donors (Lipinski definition) is 2. The number of carbonyl (C=O) groups is 1. The number of aromatic nitrogens is 2. The Hall–Kier alpha value is -1.97. The van der Waals surface area contributed by atoms with Crippen molar-refractivity contribution in [2.45, 2.75) is 10.8 Å². The lowest BCUT2D eigenvalue weighted by atomic mass is 10.1. The Labute approximate surface area is 187 Å². The third kappa shape index (κ3) is 5.55. The molecule has 150 valence electrons. The summed E-state index contributed by atoms with van der Waals surface area (Å²) in [4.78, 5) is 21.4. The van der Waals surface area contributed by atoms with E-state index in [4.69, 9.17) is 5.73 Å². The lowest BCUT2D eigenvalue weighted by Crippen LogP contribution is -2.14. The first-order valence-corrected chi connectivity index (χ1v) is 11.4. The summed E-state index contributed by atoms with van der Waals surface area (Å²) in [7, 11) is 0. The normalized spacial score (nSPS) is 10.7. The van der Waals surface area contributed by atoms with Crippen molar-refractivity contribution in [1.29, 1.82) is 0 Å². The van der Waals surface area contributed by atoms with Gasteiger partial charge in [-0.1, -0.05) is 59.5 Å². The van der Waals surface area contributed by atoms with Crippen LogP contribution in [0.4, 0.5) is 5.13 Å². The van der Waals surface area contributed by atoms with Crippen LogP contribution in [0.2, 0.25) is 0 Å². The van der Waals surface area contributed by atoms with Gasteiger partial charge in [0.1, 0.15) is 4.34 Å². The molecule has 3 N–H and O–H groups in total. The summed E-state index contributed by atoms with van der Waals surface area (Å²) in [5, 5.41) is 5.43. The SMILES string of the molecule is Cl.NCCSc1nc(CC(=O)Nc2nc3ccc(-c4ccccc4)cc3s2)cs1. The van der Waals surface area contributed by atoms with E-state index in [1.165, 1.54) is 11.3 Å². The third-order valence-electron chi connectivity index (χ3n) is 3.96. The Kier molecular flexibility index (Phi) is 7.63. The van der Waals surface area contributed by atoms with Crippen LogP contribution in [0, 0.1) is 0 Å². The highest BCUT2D eigenvalue weighted by molar-refractivity contribution is 8.01. The van der Waals surface area contributed by atoms with Gasteiger partial charge in [0.25, 0.3) is 0 Å². The first-order chi connectivity index (χ1) is 13.7. The number of fused-ring (bicyclic) bond motifs is 1. The van der Waals surface area contributed by atoms with Crippen LogP contribution in [0.5, 0.6) is 0 Å². The lowest BCUT2D eigenvalue weighted by Gasteiger charge is -2.00. The second kappa shape index (κ2) is 10.2. The topological polar surface area (TPSA) is 80.9 Å². The number of nitrogens with two attached hydrogens (primary N) is 1. The van der Waals surface area contributed by atoms with Crippen LogP contribution >= 0.6 is 46.8 Å². The fourth-order valence-electron chi connectivity index (χ4n) is 2.70. The van der Waals surface area contributed by atoms with Gasteiger partial charge in [0, 0.05) is 17.7 Å². The van der Waals surface area contributed by atoms with Gasteiger partial charge in [-0.15, -0.1) is 23.7 Å². The van der Waals surface area contributed by atoms with Crippen molar-refractivity contribution in [2.75, 3.05) is 17.6 Å². The number of nitrogens with one attached hydrogen (secondary N) is 1. The molecule has 0 radical (unpaired) electrons. The zero-order valence-electron chi connectivity index (χ0n) is 15.3. The number of hydrogen-bond acceptors (Lipinski definition) is 7. The van der Waals surface area contributed by atoms with E-state index in [9.17, 15) is 4.79 Å². The number of rotatable bonds is 7. The summed E-state index contributed by atoms with van der Waals surface area (Å²) in [5.41, 5.74) is 9.47. The minimum Gasteiger partial charge on any atom is -0.330 e. The summed E-state index contributed by atoms with van der Waals surface area (Å²) >= 11 is 4.64. The highest BCUT2D eigenvalue weighted by Gasteiger charge is 2.12. The van der Waals surface area contributed by atoms with Crippen molar-refractivity contribution in [2.24, 2.45) is 5.73 Å². The molecule has 0 unspecified atom stereocenters. The first-order valence-electron chi connectivity index (χ1n) is 8.74. The zero-order chi connectivity index (χ0) is 19.3. The van der Waals surface area contributed by atoms with E-state index >= 15 is 0 Å². The molecule has 4 aromatic rings. The molecule has 0 fully saturated rings. The largest absolute Gasteiger partial charge is 0.330 e. The molecule has 0 bridgehead atoms. The van der Waals surface area contributed by atoms with Gasteiger partial charge in [-0.2, -0.15) is 0 Å². The fourth-order valence-corrected chi connectivity index (χ4v) is 5.30. The Balaban J connectivity index is 0.00000240. The lowest BCUT2D eigenvalue weighted by molar-refractivity contribution is -0.115. The molecule has 0 atom stereocenters. The minimum absolute atomic E-state index is 0. The number of halogens is 1. The third-order valence-corrected chi connectivity index (χ3v) is 6.99. The van der Waals surface area contributed by atoms with Gasteiger partial charge in [0.15, 0.2) is 5.13 Å². The molecule has 0 saturated carbocycles. The smallest absolute Gasteiger partial charge is 0.232 e. The average Bonchev–Trinajstić information content (AvgIpc) is 3.32. The maximum atomic E-state index is 12.4. The molecule has 0 aliphatic rings. The minimum atomic E-state index is -0.108. The van der Waals surface area contributed by atoms with Crippen LogP contribution in [-0.4, -0.2) is 28.2 Å². The van der Waals surface area contributed by atoms with Crippen LogP contribution in [0.1, 0.15) is 5.69 Å². The van der Waals surface area contributed by atoms with E-state index in [1.54, 1.807) is 23.1 Å². The number of benzene rings is 2. The van der Waals surface area contributed by atoms with Crippen molar-refractivity contribution in [3.8, 4) is 11.1 Å². The van der Waals surface area contributed by atoms with E-state index in [1.807, 2.05) is 29.6 Å². The van der Waals surface area contributed by atoms with Gasteiger partial charge in [0.2, 0.25) is 5.91 Å². The maximum Gasteiger partial charge on any atom is 0.232 e. The molecule has 5 nitrogen and oxygen atoms in total. The highest BCUT2D eigenvalue weighted by Crippen LogP contribution is 2.30. The Morgan fingerprint density at radius 2 is 1.93 bits per heavy atom. The first kappa shape index (κ1) is 21.7. The fraction of sp³-hybridized carbons (Fsp3) is 0.150. The van der Waals surface area contributed by atoms with Crippen molar-refractivity contribution in [3.63, 3.8) is 0 Å². The summed E-state index contributed by atoms with van der Waals surface area (Å²) in [5.74, 6) is 0.721. The van der Waals surface area contributed by atoms with Gasteiger partial charge in [-0.05, 0) is 23.3 Å². The number of amides is 1. The molecular weight excluding hydrogens is 444 g/mol. The van der Waals surface area contributed by atoms with Gasteiger partial charge in [-0.3, -0.25) is 4.79 Å². The molecule has 2 heterocycles. The van der Waals surface area contributed by atoms with Crippen LogP contribution in [0.15, 0.2) is 58.3 Å². The van der Waals surface area contributed by atoms with Crippen molar-refractivity contribution >= 4 is 68.1 Å². The van der Waals surface area contributed by atoms with Crippen molar-refractivity contribution in [1.82, 2.24) is 9.97 Å². The van der Waals surface area contributed by atoms with Gasteiger partial charge in [0.05, 0.1) is 22.3 Å². The van der Waals surface area contributed by atoms with E-state index in [-0.39, 0.29) is 24.7 Å². The number of thioether (sulfide) groups is 1. The summed E-state index contributed by atoms with van der Waals surface area (Å²) < 4.78 is 1.99. The quantitative estimate of drug-likeness (QED) is 0.374.